The predicted octanol–water partition coefficient (Wildman–Crippen LogP) is 3.75. The van der Waals surface area contributed by atoms with Crippen LogP contribution in [0.15, 0.2) is 18.2 Å². The van der Waals surface area contributed by atoms with Crippen LogP contribution < -0.4 is 4.74 Å². The van der Waals surface area contributed by atoms with E-state index in [0.29, 0.717) is 12.0 Å². The van der Waals surface area contributed by atoms with E-state index in [4.69, 9.17) is 9.47 Å². The second-order valence-electron chi connectivity index (χ2n) is 6.47. The minimum absolute atomic E-state index is 0.143. The Bertz CT molecular complexity index is 535. The summed E-state index contributed by atoms with van der Waals surface area (Å²) in [4.78, 5) is 11.6. The number of rotatable bonds is 3. The molecule has 1 aromatic rings. The van der Waals surface area contributed by atoms with Gasteiger partial charge in [0.05, 0.1) is 11.2 Å². The molecule has 1 aromatic carbocycles. The molecule has 1 heterocycles. The lowest BCUT2D eigenvalue weighted by molar-refractivity contribution is -0.0846. The maximum atomic E-state index is 13.4. The van der Waals surface area contributed by atoms with Crippen LogP contribution in [0.3, 0.4) is 0 Å². The van der Waals surface area contributed by atoms with Gasteiger partial charge >= 0.3 is 0 Å². The highest BCUT2D eigenvalue weighted by Crippen LogP contribution is 2.40. The number of benzene rings is 1. The fraction of sp³-hybridized carbons (Fsp3) is 0.562. The van der Waals surface area contributed by atoms with Gasteiger partial charge in [0.2, 0.25) is 0 Å². The van der Waals surface area contributed by atoms with Crippen LogP contribution in [-0.4, -0.2) is 23.1 Å². The Kier molecular flexibility index (Phi) is 3.63. The third-order valence-electron chi connectivity index (χ3n) is 3.58. The van der Waals surface area contributed by atoms with Gasteiger partial charge in [0.25, 0.3) is 0 Å². The summed E-state index contributed by atoms with van der Waals surface area (Å²) in [5.41, 5.74) is -0.381. The Labute approximate surface area is 119 Å². The number of ether oxygens (including phenoxy) is 2. The summed E-state index contributed by atoms with van der Waals surface area (Å²) in [6.07, 6.45) is 0.464. The highest BCUT2D eigenvalue weighted by atomic mass is 19.1. The molecule has 20 heavy (non-hydrogen) atoms. The van der Waals surface area contributed by atoms with E-state index in [-0.39, 0.29) is 23.2 Å². The number of hydrogen-bond acceptors (Lipinski definition) is 3. The zero-order chi connectivity index (χ0) is 15.1. The maximum absolute atomic E-state index is 13.4. The summed E-state index contributed by atoms with van der Waals surface area (Å²) < 4.78 is 25.3. The van der Waals surface area contributed by atoms with Crippen LogP contribution >= 0.6 is 0 Å². The van der Waals surface area contributed by atoms with Gasteiger partial charge in [0, 0.05) is 12.5 Å². The molecule has 0 saturated carbocycles. The molecule has 0 N–H and O–H groups in total. The van der Waals surface area contributed by atoms with Crippen molar-refractivity contribution in [2.75, 3.05) is 0 Å². The van der Waals surface area contributed by atoms with Gasteiger partial charge in [-0.25, -0.2) is 4.39 Å². The van der Waals surface area contributed by atoms with E-state index in [1.807, 2.05) is 27.7 Å². The number of halogens is 1. The van der Waals surface area contributed by atoms with E-state index in [1.54, 1.807) is 0 Å². The summed E-state index contributed by atoms with van der Waals surface area (Å²) in [6.45, 7) is 9.32. The van der Waals surface area contributed by atoms with Crippen molar-refractivity contribution in [3.63, 3.8) is 0 Å². The largest absolute Gasteiger partial charge is 0.486 e. The van der Waals surface area contributed by atoms with Crippen LogP contribution in [0.1, 0.15) is 51.4 Å². The normalized spacial score (nSPS) is 23.6. The quantitative estimate of drug-likeness (QED) is 0.791. The molecular formula is C16H21FO3. The summed E-state index contributed by atoms with van der Waals surface area (Å²) in [5, 5.41) is 0. The van der Waals surface area contributed by atoms with Crippen LogP contribution in [0, 0.1) is 5.82 Å². The van der Waals surface area contributed by atoms with Gasteiger partial charge in [-0.05, 0) is 46.8 Å². The van der Waals surface area contributed by atoms with Gasteiger partial charge in [-0.2, -0.15) is 0 Å². The van der Waals surface area contributed by atoms with Gasteiger partial charge in [-0.1, -0.05) is 0 Å². The van der Waals surface area contributed by atoms with E-state index in [9.17, 15) is 9.18 Å². The molecule has 1 aliphatic rings. The minimum Gasteiger partial charge on any atom is -0.486 e. The topological polar surface area (TPSA) is 35.5 Å². The number of carbonyl (C=O) groups excluding carboxylic acids is 1. The van der Waals surface area contributed by atoms with Crippen LogP contribution in [0.2, 0.25) is 0 Å². The zero-order valence-corrected chi connectivity index (χ0v) is 12.6. The number of hydrogen-bond donors (Lipinski definition) is 0. The molecule has 2 rings (SSSR count). The van der Waals surface area contributed by atoms with Gasteiger partial charge in [0.1, 0.15) is 23.3 Å². The average molecular weight is 280 g/mol. The highest BCUT2D eigenvalue weighted by molar-refractivity contribution is 5.96. The fourth-order valence-electron chi connectivity index (χ4n) is 2.73. The SMILES string of the molecule is CC(=O)c1ccc(F)cc1OC1CC(C)(C)OC1(C)C. The number of Topliss-reactive ketones (excluding diaryl/α,β-unsaturated/α-hetero) is 1. The van der Waals surface area contributed by atoms with E-state index in [1.165, 1.54) is 25.1 Å². The van der Waals surface area contributed by atoms with Crippen molar-refractivity contribution in [2.45, 2.75) is 58.3 Å². The molecule has 0 bridgehead atoms. The smallest absolute Gasteiger partial charge is 0.163 e. The molecule has 0 amide bonds. The van der Waals surface area contributed by atoms with Crippen molar-refractivity contribution in [3.8, 4) is 5.75 Å². The van der Waals surface area contributed by atoms with Crippen LogP contribution in [0.4, 0.5) is 4.39 Å². The van der Waals surface area contributed by atoms with E-state index in [2.05, 4.69) is 0 Å². The first kappa shape index (κ1) is 15.0. The summed E-state index contributed by atoms with van der Waals surface area (Å²) >= 11 is 0. The van der Waals surface area contributed by atoms with E-state index >= 15 is 0 Å². The molecule has 3 nitrogen and oxygen atoms in total. The molecule has 1 aliphatic heterocycles. The van der Waals surface area contributed by atoms with Gasteiger partial charge in [-0.15, -0.1) is 0 Å². The number of ketones is 1. The van der Waals surface area contributed by atoms with Crippen molar-refractivity contribution in [3.05, 3.63) is 29.6 Å². The Balaban J connectivity index is 2.30. The molecule has 1 unspecified atom stereocenters. The van der Waals surface area contributed by atoms with Gasteiger partial charge < -0.3 is 9.47 Å². The summed E-state index contributed by atoms with van der Waals surface area (Å²) in [7, 11) is 0. The van der Waals surface area contributed by atoms with E-state index in [0.717, 1.165) is 0 Å². The average Bonchev–Trinajstić information content (AvgIpc) is 2.46. The second kappa shape index (κ2) is 4.85. The van der Waals surface area contributed by atoms with Crippen molar-refractivity contribution in [2.24, 2.45) is 0 Å². The molecule has 110 valence electrons. The third-order valence-corrected chi connectivity index (χ3v) is 3.58. The van der Waals surface area contributed by atoms with Gasteiger partial charge in [-0.3, -0.25) is 4.79 Å². The lowest BCUT2D eigenvalue weighted by Crippen LogP contribution is -2.37. The number of carbonyl (C=O) groups is 1. The molecule has 0 radical (unpaired) electrons. The van der Waals surface area contributed by atoms with Crippen LogP contribution in [0.5, 0.6) is 5.75 Å². The summed E-state index contributed by atoms with van der Waals surface area (Å²) in [5.74, 6) is -0.270. The molecule has 0 aliphatic carbocycles. The Morgan fingerprint density at radius 2 is 2.00 bits per heavy atom. The lowest BCUT2D eigenvalue weighted by Gasteiger charge is -2.28. The lowest BCUT2D eigenvalue weighted by atomic mass is 9.97. The molecule has 0 aromatic heterocycles. The Morgan fingerprint density at radius 3 is 2.50 bits per heavy atom. The third kappa shape index (κ3) is 3.01. The fourth-order valence-corrected chi connectivity index (χ4v) is 2.73. The van der Waals surface area contributed by atoms with Crippen molar-refractivity contribution < 1.29 is 18.7 Å². The van der Waals surface area contributed by atoms with Crippen molar-refractivity contribution >= 4 is 5.78 Å². The van der Waals surface area contributed by atoms with Crippen molar-refractivity contribution in [1.29, 1.82) is 0 Å². The first-order valence-electron chi connectivity index (χ1n) is 6.78. The molecular weight excluding hydrogens is 259 g/mol. The maximum Gasteiger partial charge on any atom is 0.163 e. The molecule has 1 saturated heterocycles. The first-order chi connectivity index (χ1) is 9.11. The zero-order valence-electron chi connectivity index (χ0n) is 12.6. The first-order valence-corrected chi connectivity index (χ1v) is 6.78. The van der Waals surface area contributed by atoms with Crippen LogP contribution in [0.25, 0.3) is 0 Å². The monoisotopic (exact) mass is 280 g/mol. The Morgan fingerprint density at radius 1 is 1.35 bits per heavy atom. The molecule has 1 fully saturated rings. The van der Waals surface area contributed by atoms with Gasteiger partial charge in [0.15, 0.2) is 5.78 Å². The summed E-state index contributed by atoms with van der Waals surface area (Å²) in [6, 6.07) is 3.99. The highest BCUT2D eigenvalue weighted by Gasteiger charge is 2.47. The second-order valence-corrected chi connectivity index (χ2v) is 6.47. The van der Waals surface area contributed by atoms with Crippen LogP contribution in [-0.2, 0) is 4.74 Å². The molecule has 1 atom stereocenters. The minimum atomic E-state index is -0.482. The molecule has 0 spiro atoms. The van der Waals surface area contributed by atoms with Crippen molar-refractivity contribution in [1.82, 2.24) is 0 Å². The molecule has 4 heteroatoms. The standard InChI is InChI=1S/C16H21FO3/c1-10(18)12-7-6-11(17)8-13(12)19-14-9-15(2,3)20-16(14,4)5/h6-8,14H,9H2,1-5H3. The van der Waals surface area contributed by atoms with E-state index < -0.39 is 11.4 Å². The predicted molar refractivity (Wildman–Crippen MR) is 74.7 cm³/mol. The Hall–Kier alpha value is -1.42.